The quantitative estimate of drug-likeness (QED) is 0.459. The maximum Gasteiger partial charge on any atom is 0.231 e. The molecule has 0 bridgehead atoms. The number of para-hydroxylation sites is 1. The molecule has 9 nitrogen and oxygen atoms in total. The number of benzene rings is 1. The summed E-state index contributed by atoms with van der Waals surface area (Å²) in [5.41, 5.74) is 4.34. The fraction of sp³-hybridized carbons (Fsp3) is 0.440. The first kappa shape index (κ1) is 21.1. The third kappa shape index (κ3) is 3.51. The van der Waals surface area contributed by atoms with E-state index < -0.39 is 0 Å². The van der Waals surface area contributed by atoms with E-state index in [-0.39, 0.29) is 5.54 Å². The minimum absolute atomic E-state index is 0.137. The summed E-state index contributed by atoms with van der Waals surface area (Å²) in [6, 6.07) is 10.2. The van der Waals surface area contributed by atoms with Crippen molar-refractivity contribution in [2.24, 2.45) is 0 Å². The van der Waals surface area contributed by atoms with Crippen molar-refractivity contribution in [2.45, 2.75) is 51.1 Å². The van der Waals surface area contributed by atoms with Gasteiger partial charge in [-0.2, -0.15) is 24.7 Å². The molecule has 1 aromatic carbocycles. The number of hydrogen-bond acceptors (Lipinski definition) is 7. The molecule has 2 aliphatic rings. The van der Waals surface area contributed by atoms with E-state index >= 15 is 0 Å². The number of nitrogens with zero attached hydrogens (tertiary/aromatic N) is 7. The maximum absolute atomic E-state index is 5.04. The second kappa shape index (κ2) is 8.39. The predicted molar refractivity (Wildman–Crippen MR) is 133 cm³/mol. The van der Waals surface area contributed by atoms with Crippen molar-refractivity contribution in [3.05, 3.63) is 60.0 Å². The summed E-state index contributed by atoms with van der Waals surface area (Å²) in [5, 5.41) is 16.2. The van der Waals surface area contributed by atoms with E-state index in [1.165, 1.54) is 19.3 Å². The summed E-state index contributed by atoms with van der Waals surface area (Å²) in [6.45, 7) is 8.05. The molecule has 5 heterocycles. The molecule has 3 aromatic heterocycles. The molecule has 1 unspecified atom stereocenters. The molecule has 1 spiro atoms. The molecule has 2 fully saturated rings. The zero-order valence-corrected chi connectivity index (χ0v) is 19.8. The van der Waals surface area contributed by atoms with Crippen LogP contribution in [0.5, 0.6) is 0 Å². The van der Waals surface area contributed by atoms with Crippen LogP contribution in [0, 0.1) is 0 Å². The summed E-state index contributed by atoms with van der Waals surface area (Å²) in [7, 11) is 0. The Morgan fingerprint density at radius 3 is 2.76 bits per heavy atom. The van der Waals surface area contributed by atoms with Crippen LogP contribution in [0.25, 0.3) is 11.3 Å². The van der Waals surface area contributed by atoms with Gasteiger partial charge in [0.05, 0.1) is 17.4 Å². The second-order valence-corrected chi connectivity index (χ2v) is 9.68. The van der Waals surface area contributed by atoms with Crippen LogP contribution in [0.2, 0.25) is 0 Å². The fourth-order valence-electron chi connectivity index (χ4n) is 5.24. The summed E-state index contributed by atoms with van der Waals surface area (Å²) < 4.78 is 3.74. The number of nitrogens with one attached hydrogen (secondary N) is 2. The zero-order chi connectivity index (χ0) is 23.1. The first-order chi connectivity index (χ1) is 16.6. The highest BCUT2D eigenvalue weighted by molar-refractivity contribution is 5.58. The summed E-state index contributed by atoms with van der Waals surface area (Å²) in [4.78, 5) is 12.4. The van der Waals surface area contributed by atoms with Crippen molar-refractivity contribution >= 4 is 17.5 Å². The molecular formula is C25H31N9. The molecule has 34 heavy (non-hydrogen) atoms. The van der Waals surface area contributed by atoms with Crippen molar-refractivity contribution < 1.29 is 0 Å². The van der Waals surface area contributed by atoms with Gasteiger partial charge < -0.3 is 15.5 Å². The van der Waals surface area contributed by atoms with Crippen LogP contribution in [0.1, 0.15) is 50.2 Å². The number of hydrogen-bond donors (Lipinski definition) is 2. The highest BCUT2D eigenvalue weighted by atomic mass is 15.4. The van der Waals surface area contributed by atoms with Gasteiger partial charge in [0.2, 0.25) is 11.9 Å². The second-order valence-electron chi connectivity index (χ2n) is 9.68. The van der Waals surface area contributed by atoms with Gasteiger partial charge in [-0.05, 0) is 49.4 Å². The minimum atomic E-state index is 0.137. The maximum atomic E-state index is 5.04. The molecular weight excluding hydrogens is 426 g/mol. The lowest BCUT2D eigenvalue weighted by Crippen LogP contribution is -2.67. The van der Waals surface area contributed by atoms with Crippen LogP contribution in [0.3, 0.4) is 0 Å². The van der Waals surface area contributed by atoms with Crippen LogP contribution < -0.4 is 15.5 Å². The first-order valence-corrected chi connectivity index (χ1v) is 12.2. The third-order valence-electron chi connectivity index (χ3n) is 7.25. The van der Waals surface area contributed by atoms with Crippen LogP contribution in [-0.2, 0) is 6.54 Å². The first-order valence-electron chi connectivity index (χ1n) is 12.2. The van der Waals surface area contributed by atoms with Gasteiger partial charge in [0.15, 0.2) is 5.65 Å². The molecule has 0 radical (unpaired) electrons. The van der Waals surface area contributed by atoms with Crippen LogP contribution >= 0.6 is 0 Å². The molecule has 4 aromatic rings. The van der Waals surface area contributed by atoms with E-state index in [0.717, 1.165) is 48.0 Å². The highest BCUT2D eigenvalue weighted by Crippen LogP contribution is 2.39. The normalized spacial score (nSPS) is 20.3. The van der Waals surface area contributed by atoms with Crippen molar-refractivity contribution in [1.29, 1.82) is 0 Å². The minimum Gasteiger partial charge on any atom is -0.350 e. The number of piperidine rings is 1. The molecule has 0 saturated carbocycles. The SMILES string of the molecule is CC(C)c1cnn2c(NCc3ccccc3-n3cccn3)nc(N3CCC34CCCNC4)nc12. The van der Waals surface area contributed by atoms with E-state index in [1.54, 1.807) is 6.20 Å². The summed E-state index contributed by atoms with van der Waals surface area (Å²) in [6.07, 6.45) is 9.25. The Kier molecular flexibility index (Phi) is 5.21. The summed E-state index contributed by atoms with van der Waals surface area (Å²) >= 11 is 0. The smallest absolute Gasteiger partial charge is 0.231 e. The van der Waals surface area contributed by atoms with E-state index in [2.05, 4.69) is 57.8 Å². The van der Waals surface area contributed by atoms with Gasteiger partial charge in [-0.15, -0.1) is 0 Å². The van der Waals surface area contributed by atoms with Crippen LogP contribution in [-0.4, -0.2) is 54.5 Å². The van der Waals surface area contributed by atoms with E-state index in [0.29, 0.717) is 18.4 Å². The van der Waals surface area contributed by atoms with Gasteiger partial charge in [0.25, 0.3) is 0 Å². The lowest BCUT2D eigenvalue weighted by molar-refractivity contribution is 0.208. The van der Waals surface area contributed by atoms with Crippen LogP contribution in [0.4, 0.5) is 11.9 Å². The standard InChI is InChI=1S/C25H31N9/c1-18(2)20-16-29-34-22(20)30-24(32-14-10-25(32)9-5-11-26-17-25)31-23(34)27-15-19-7-3-4-8-21(19)33-13-6-12-28-33/h3-4,6-8,12-13,16,18,26H,5,9-11,14-15,17H2,1-2H3,(H,27,30,31). The Morgan fingerprint density at radius 1 is 1.12 bits per heavy atom. The average molecular weight is 458 g/mol. The fourth-order valence-corrected chi connectivity index (χ4v) is 5.24. The van der Waals surface area contributed by atoms with Gasteiger partial charge in [-0.25, -0.2) is 4.68 Å². The Bertz CT molecular complexity index is 1290. The van der Waals surface area contributed by atoms with Crippen molar-refractivity contribution in [2.75, 3.05) is 29.9 Å². The Morgan fingerprint density at radius 2 is 2.03 bits per heavy atom. The molecule has 9 heteroatoms. The molecule has 2 N–H and O–H groups in total. The molecule has 1 atom stereocenters. The highest BCUT2D eigenvalue weighted by Gasteiger charge is 2.46. The largest absolute Gasteiger partial charge is 0.350 e. The predicted octanol–water partition coefficient (Wildman–Crippen LogP) is 3.38. The van der Waals surface area contributed by atoms with Crippen molar-refractivity contribution in [1.82, 2.24) is 34.7 Å². The van der Waals surface area contributed by atoms with E-state index in [1.807, 2.05) is 33.7 Å². The summed E-state index contributed by atoms with van der Waals surface area (Å²) in [5.74, 6) is 1.84. The van der Waals surface area contributed by atoms with Crippen molar-refractivity contribution in [3.8, 4) is 5.69 Å². The lowest BCUT2D eigenvalue weighted by atomic mass is 9.79. The molecule has 0 aliphatic carbocycles. The van der Waals surface area contributed by atoms with Gasteiger partial charge in [0.1, 0.15) is 0 Å². The Labute approximate surface area is 199 Å². The van der Waals surface area contributed by atoms with Gasteiger partial charge in [0, 0.05) is 37.6 Å². The van der Waals surface area contributed by atoms with E-state index in [4.69, 9.17) is 9.97 Å². The number of rotatable bonds is 6. The molecule has 176 valence electrons. The Hall–Kier alpha value is -3.46. The lowest BCUT2D eigenvalue weighted by Gasteiger charge is -2.55. The average Bonchev–Trinajstić information content (AvgIpc) is 3.53. The zero-order valence-electron chi connectivity index (χ0n) is 19.8. The topological polar surface area (TPSA) is 88.2 Å². The van der Waals surface area contributed by atoms with Gasteiger partial charge >= 0.3 is 0 Å². The number of anilines is 2. The Balaban J connectivity index is 1.37. The monoisotopic (exact) mass is 457 g/mol. The molecule has 2 saturated heterocycles. The van der Waals surface area contributed by atoms with Crippen molar-refractivity contribution in [3.63, 3.8) is 0 Å². The molecule has 2 aliphatic heterocycles. The van der Waals surface area contributed by atoms with E-state index in [9.17, 15) is 0 Å². The third-order valence-corrected chi connectivity index (χ3v) is 7.25. The van der Waals surface area contributed by atoms with Crippen LogP contribution in [0.15, 0.2) is 48.9 Å². The van der Waals surface area contributed by atoms with Gasteiger partial charge in [-0.3, -0.25) is 0 Å². The van der Waals surface area contributed by atoms with Gasteiger partial charge in [-0.1, -0.05) is 32.0 Å². The number of aromatic nitrogens is 6. The molecule has 6 rings (SSSR count). The molecule has 0 amide bonds. The number of fused-ring (bicyclic) bond motifs is 1.